The van der Waals surface area contributed by atoms with E-state index in [0.717, 1.165) is 22.5 Å². The van der Waals surface area contributed by atoms with Gasteiger partial charge in [0.2, 0.25) is 5.78 Å². The molecule has 0 amide bonds. The maximum absolute atomic E-state index is 13.7. The Morgan fingerprint density at radius 3 is 2.77 bits per heavy atom. The first-order valence-electron chi connectivity index (χ1n) is 8.53. The van der Waals surface area contributed by atoms with Crippen LogP contribution in [0, 0.1) is 5.82 Å². The molecule has 4 heteroatoms. The van der Waals surface area contributed by atoms with E-state index in [1.165, 1.54) is 6.07 Å². The number of fused-ring (bicyclic) bond motifs is 2. The summed E-state index contributed by atoms with van der Waals surface area (Å²) < 4.78 is 13.7. The van der Waals surface area contributed by atoms with Gasteiger partial charge in [-0.3, -0.25) is 9.78 Å². The van der Waals surface area contributed by atoms with E-state index in [1.807, 2.05) is 43.5 Å². The van der Waals surface area contributed by atoms with Crippen molar-refractivity contribution in [3.05, 3.63) is 88.7 Å². The summed E-state index contributed by atoms with van der Waals surface area (Å²) in [5.74, 6) is -0.320. The van der Waals surface area contributed by atoms with Crippen molar-refractivity contribution in [1.29, 1.82) is 0 Å². The summed E-state index contributed by atoms with van der Waals surface area (Å²) in [7, 11) is 1.96. The van der Waals surface area contributed by atoms with Crippen molar-refractivity contribution >= 4 is 17.5 Å². The highest BCUT2D eigenvalue weighted by atomic mass is 19.1. The third kappa shape index (κ3) is 2.41. The number of likely N-dealkylation sites (N-methyl/N-ethyl adjacent to an activating group) is 1. The Balaban J connectivity index is 1.74. The summed E-state index contributed by atoms with van der Waals surface area (Å²) >= 11 is 0. The topological polar surface area (TPSA) is 33.2 Å². The van der Waals surface area contributed by atoms with Crippen molar-refractivity contribution in [3.8, 4) is 0 Å². The Bertz CT molecular complexity index is 1010. The number of ketones is 1. The van der Waals surface area contributed by atoms with Gasteiger partial charge in [-0.05, 0) is 42.0 Å². The number of carbonyl (C=O) groups excluding carboxylic acids is 1. The van der Waals surface area contributed by atoms with Crippen LogP contribution in [-0.4, -0.2) is 17.8 Å². The van der Waals surface area contributed by atoms with Crippen molar-refractivity contribution < 1.29 is 9.18 Å². The summed E-state index contributed by atoms with van der Waals surface area (Å²) in [4.78, 5) is 18.9. The zero-order valence-electron chi connectivity index (χ0n) is 15.0. The van der Waals surface area contributed by atoms with Crippen LogP contribution in [0.15, 0.2) is 66.0 Å². The smallest absolute Gasteiger partial charge is 0.211 e. The number of allylic oxidation sites excluding steroid dienone is 5. The molecule has 0 N–H and O–H groups in total. The monoisotopic (exact) mass is 346 g/mol. The van der Waals surface area contributed by atoms with E-state index in [1.54, 1.807) is 18.3 Å². The second-order valence-corrected chi connectivity index (χ2v) is 7.12. The highest BCUT2D eigenvalue weighted by Crippen LogP contribution is 2.47. The summed E-state index contributed by atoms with van der Waals surface area (Å²) in [5.41, 5.74) is 4.50. The molecule has 130 valence electrons. The van der Waals surface area contributed by atoms with Gasteiger partial charge in [0.25, 0.3) is 0 Å². The molecule has 0 spiro atoms. The molecule has 26 heavy (non-hydrogen) atoms. The number of halogens is 1. The second kappa shape index (κ2) is 5.77. The van der Waals surface area contributed by atoms with Crippen LogP contribution in [0.1, 0.15) is 35.5 Å². The molecule has 0 saturated carbocycles. The number of Topliss-reactive ketones (excluding diaryl/α,β-unsaturated/α-hetero) is 1. The highest BCUT2D eigenvalue weighted by Gasteiger charge is 2.38. The molecule has 0 atom stereocenters. The predicted molar refractivity (Wildman–Crippen MR) is 102 cm³/mol. The van der Waals surface area contributed by atoms with Gasteiger partial charge in [-0.1, -0.05) is 32.1 Å². The van der Waals surface area contributed by atoms with E-state index >= 15 is 0 Å². The highest BCUT2D eigenvalue weighted by molar-refractivity contribution is 6.14. The van der Waals surface area contributed by atoms with E-state index in [9.17, 15) is 9.18 Å². The molecule has 0 fully saturated rings. The van der Waals surface area contributed by atoms with Gasteiger partial charge >= 0.3 is 0 Å². The molecule has 1 aliphatic heterocycles. The lowest BCUT2D eigenvalue weighted by molar-refractivity contribution is 0.103. The van der Waals surface area contributed by atoms with Gasteiger partial charge < -0.3 is 4.90 Å². The molecule has 2 aromatic rings. The zero-order chi connectivity index (χ0) is 18.5. The van der Waals surface area contributed by atoms with Crippen LogP contribution in [0.4, 0.5) is 10.1 Å². The third-order valence-electron chi connectivity index (χ3n) is 5.17. The lowest BCUT2D eigenvalue weighted by Crippen LogP contribution is -2.22. The lowest BCUT2D eigenvalue weighted by Gasteiger charge is -2.24. The fraction of sp³-hybridized carbons (Fsp3) is 0.182. The zero-order valence-corrected chi connectivity index (χ0v) is 15.0. The molecule has 0 saturated heterocycles. The molecule has 1 aromatic carbocycles. The van der Waals surface area contributed by atoms with Crippen LogP contribution in [-0.2, 0) is 5.41 Å². The van der Waals surface area contributed by atoms with Crippen LogP contribution >= 0.6 is 0 Å². The van der Waals surface area contributed by atoms with Crippen LogP contribution in [0.5, 0.6) is 0 Å². The van der Waals surface area contributed by atoms with E-state index in [0.29, 0.717) is 11.3 Å². The first-order chi connectivity index (χ1) is 12.4. The molecule has 2 heterocycles. The molecule has 4 rings (SSSR count). The van der Waals surface area contributed by atoms with Gasteiger partial charge in [-0.2, -0.15) is 0 Å². The minimum absolute atomic E-state index is 0.0815. The number of rotatable bonds is 1. The number of hydrogen-bond acceptors (Lipinski definition) is 3. The largest absolute Gasteiger partial charge is 0.347 e. The molecule has 0 unspecified atom stereocenters. The number of pyridine rings is 1. The van der Waals surface area contributed by atoms with Gasteiger partial charge in [0.15, 0.2) is 0 Å². The van der Waals surface area contributed by atoms with Crippen LogP contribution in [0.3, 0.4) is 0 Å². The molecular formula is C22H19FN2O. The summed E-state index contributed by atoms with van der Waals surface area (Å²) in [6.45, 7) is 4.13. The van der Waals surface area contributed by atoms with Crippen molar-refractivity contribution in [2.24, 2.45) is 0 Å². The van der Waals surface area contributed by atoms with E-state index in [2.05, 4.69) is 23.7 Å². The predicted octanol–water partition coefficient (Wildman–Crippen LogP) is 4.67. The normalized spacial score (nSPS) is 20.6. The maximum Gasteiger partial charge on any atom is 0.211 e. The minimum Gasteiger partial charge on any atom is -0.347 e. The lowest BCUT2D eigenvalue weighted by atomic mass is 9.83. The minimum atomic E-state index is -0.346. The molecule has 2 aliphatic rings. The Kier molecular flexibility index (Phi) is 3.65. The summed E-state index contributed by atoms with van der Waals surface area (Å²) in [6.07, 6.45) is 9.13. The van der Waals surface area contributed by atoms with E-state index in [4.69, 9.17) is 0 Å². The van der Waals surface area contributed by atoms with Crippen LogP contribution < -0.4 is 4.90 Å². The van der Waals surface area contributed by atoms with Gasteiger partial charge in [0.1, 0.15) is 11.5 Å². The molecule has 0 bridgehead atoms. The first-order valence-corrected chi connectivity index (χ1v) is 8.53. The average Bonchev–Trinajstić information content (AvgIpc) is 2.81. The SMILES string of the molecule is CN1C(=CC=C2C=Cc3cccnc3C2=O)C(C)(C)c2cc(F)ccc21. The standard InChI is InChI=1S/C22H19FN2O/c1-22(2)17-13-16(23)9-10-18(17)25(3)19(22)11-8-15-7-6-14-5-4-12-24-20(14)21(15)26/h4-13H,1-3H3. The molecular weight excluding hydrogens is 327 g/mol. The van der Waals surface area contributed by atoms with Gasteiger partial charge in [0.05, 0.1) is 0 Å². The maximum atomic E-state index is 13.7. The fourth-order valence-corrected chi connectivity index (χ4v) is 3.74. The number of carbonyl (C=O) groups is 1. The molecule has 1 aliphatic carbocycles. The summed E-state index contributed by atoms with van der Waals surface area (Å²) in [6, 6.07) is 8.56. The second-order valence-electron chi connectivity index (χ2n) is 7.12. The van der Waals surface area contributed by atoms with Gasteiger partial charge in [-0.15, -0.1) is 0 Å². The molecule has 3 nitrogen and oxygen atoms in total. The van der Waals surface area contributed by atoms with Gasteiger partial charge in [0, 0.05) is 41.2 Å². The fourth-order valence-electron chi connectivity index (χ4n) is 3.74. The Morgan fingerprint density at radius 2 is 1.96 bits per heavy atom. The number of hydrogen-bond donors (Lipinski definition) is 0. The van der Waals surface area contributed by atoms with E-state index < -0.39 is 0 Å². The number of nitrogens with zero attached hydrogens (tertiary/aromatic N) is 2. The number of aromatic nitrogens is 1. The summed E-state index contributed by atoms with van der Waals surface area (Å²) in [5, 5.41) is 0. The Morgan fingerprint density at radius 1 is 1.15 bits per heavy atom. The first kappa shape index (κ1) is 16.5. The average molecular weight is 346 g/mol. The van der Waals surface area contributed by atoms with E-state index in [-0.39, 0.29) is 17.0 Å². The van der Waals surface area contributed by atoms with Crippen LogP contribution in [0.25, 0.3) is 6.08 Å². The van der Waals surface area contributed by atoms with Crippen molar-refractivity contribution in [2.75, 3.05) is 11.9 Å². The quantitative estimate of drug-likeness (QED) is 0.704. The van der Waals surface area contributed by atoms with Crippen LogP contribution in [0.2, 0.25) is 0 Å². The Labute approximate surface area is 152 Å². The Hall–Kier alpha value is -3.01. The van der Waals surface area contributed by atoms with Crippen molar-refractivity contribution in [3.63, 3.8) is 0 Å². The van der Waals surface area contributed by atoms with Gasteiger partial charge in [-0.25, -0.2) is 4.39 Å². The van der Waals surface area contributed by atoms with Crippen molar-refractivity contribution in [2.45, 2.75) is 19.3 Å². The molecule has 0 radical (unpaired) electrons. The number of benzene rings is 1. The van der Waals surface area contributed by atoms with Crippen molar-refractivity contribution in [1.82, 2.24) is 4.98 Å². The number of anilines is 1. The third-order valence-corrected chi connectivity index (χ3v) is 5.17. The molecule has 1 aromatic heterocycles.